The van der Waals surface area contributed by atoms with Crippen LogP contribution in [0.3, 0.4) is 0 Å². The van der Waals surface area contributed by atoms with E-state index in [1.807, 2.05) is 20.8 Å². The summed E-state index contributed by atoms with van der Waals surface area (Å²) in [5, 5.41) is 8.22. The number of oxime groups is 1. The lowest BCUT2D eigenvalue weighted by Crippen LogP contribution is -2.49. The van der Waals surface area contributed by atoms with Gasteiger partial charge in [-0.25, -0.2) is 9.59 Å². The van der Waals surface area contributed by atoms with Crippen LogP contribution in [-0.4, -0.2) is 46.4 Å². The van der Waals surface area contributed by atoms with Crippen molar-refractivity contribution in [1.29, 1.82) is 0 Å². The van der Waals surface area contributed by atoms with Gasteiger partial charge in [-0.15, -0.1) is 11.3 Å². The summed E-state index contributed by atoms with van der Waals surface area (Å²) >= 11 is 1.40. The number of amides is 2. The summed E-state index contributed by atoms with van der Waals surface area (Å²) in [4.78, 5) is 43.4. The summed E-state index contributed by atoms with van der Waals surface area (Å²) in [6.07, 6.45) is 1.08. The molecule has 164 valence electrons. The molecule has 1 aliphatic heterocycles. The van der Waals surface area contributed by atoms with E-state index in [1.54, 1.807) is 16.3 Å². The number of nitrogens with two attached hydrogens (primary N) is 1. The standard InChI is InChI=1S/C20H28N4O5S/c1-11(25)29-23-16(21)12-6-13(30-10-12)9-22-17(26)14-7-20(5)8-15(20)24(14)18(27)28-19(2,3)4/h6,10,14-15H,7-9H2,1-5H3,(H2,21,23)(H,22,26)/t14-,15-,20+/m0/s1. The Balaban J connectivity index is 1.61. The van der Waals surface area contributed by atoms with Gasteiger partial charge in [-0.2, -0.15) is 0 Å². The second-order valence-electron chi connectivity index (χ2n) is 9.06. The van der Waals surface area contributed by atoms with Crippen LogP contribution in [0.4, 0.5) is 4.79 Å². The van der Waals surface area contributed by atoms with Gasteiger partial charge in [0.25, 0.3) is 0 Å². The number of hydrogen-bond donors (Lipinski definition) is 2. The molecule has 1 saturated carbocycles. The molecule has 3 N–H and O–H groups in total. The summed E-state index contributed by atoms with van der Waals surface area (Å²) < 4.78 is 5.52. The molecule has 9 nitrogen and oxygen atoms in total. The van der Waals surface area contributed by atoms with Crippen molar-refractivity contribution in [3.63, 3.8) is 0 Å². The van der Waals surface area contributed by atoms with Gasteiger partial charge in [-0.1, -0.05) is 12.1 Å². The fraction of sp³-hybridized carbons (Fsp3) is 0.600. The number of amidine groups is 1. The minimum Gasteiger partial charge on any atom is -0.444 e. The predicted octanol–water partition coefficient (Wildman–Crippen LogP) is 2.34. The summed E-state index contributed by atoms with van der Waals surface area (Å²) in [5.74, 6) is -0.678. The van der Waals surface area contributed by atoms with E-state index in [0.717, 1.165) is 11.3 Å². The Morgan fingerprint density at radius 3 is 2.70 bits per heavy atom. The lowest BCUT2D eigenvalue weighted by atomic mass is 10.0. The molecule has 10 heteroatoms. The number of nitrogens with zero attached hydrogens (tertiary/aromatic N) is 2. The molecule has 0 unspecified atom stereocenters. The van der Waals surface area contributed by atoms with Crippen molar-refractivity contribution in [3.05, 3.63) is 21.9 Å². The minimum atomic E-state index is -0.618. The largest absolute Gasteiger partial charge is 0.444 e. The summed E-state index contributed by atoms with van der Waals surface area (Å²) in [7, 11) is 0. The second-order valence-corrected chi connectivity index (χ2v) is 10.1. The topological polar surface area (TPSA) is 123 Å². The van der Waals surface area contributed by atoms with Crippen molar-refractivity contribution >= 4 is 35.1 Å². The van der Waals surface area contributed by atoms with Crippen molar-refractivity contribution in [2.45, 2.75) is 71.7 Å². The van der Waals surface area contributed by atoms with Gasteiger partial charge in [0, 0.05) is 28.8 Å². The van der Waals surface area contributed by atoms with Crippen molar-refractivity contribution in [2.75, 3.05) is 0 Å². The van der Waals surface area contributed by atoms with Gasteiger partial charge in [-0.3, -0.25) is 9.69 Å². The van der Waals surface area contributed by atoms with Gasteiger partial charge < -0.3 is 20.6 Å². The van der Waals surface area contributed by atoms with E-state index in [-0.39, 0.29) is 23.2 Å². The second kappa shape index (κ2) is 7.90. The van der Waals surface area contributed by atoms with Crippen LogP contribution in [0.25, 0.3) is 0 Å². The molecular formula is C20H28N4O5S. The van der Waals surface area contributed by atoms with Gasteiger partial charge in [0.2, 0.25) is 5.91 Å². The van der Waals surface area contributed by atoms with Gasteiger partial charge in [0.15, 0.2) is 5.84 Å². The van der Waals surface area contributed by atoms with Crippen molar-refractivity contribution in [2.24, 2.45) is 16.3 Å². The third kappa shape index (κ3) is 4.92. The number of carbonyl (C=O) groups excluding carboxylic acids is 3. The molecule has 2 fully saturated rings. The number of carbonyl (C=O) groups is 3. The molecule has 3 rings (SSSR count). The average Bonchev–Trinajstić information content (AvgIpc) is 2.99. The van der Waals surface area contributed by atoms with Gasteiger partial charge >= 0.3 is 12.1 Å². The highest BCUT2D eigenvalue weighted by molar-refractivity contribution is 7.10. The number of likely N-dealkylation sites (tertiary alicyclic amines) is 1. The first kappa shape index (κ1) is 22.1. The number of nitrogens with one attached hydrogen (secondary N) is 1. The predicted molar refractivity (Wildman–Crippen MR) is 112 cm³/mol. The van der Waals surface area contributed by atoms with Crippen molar-refractivity contribution in [1.82, 2.24) is 10.2 Å². The fourth-order valence-electron chi connectivity index (χ4n) is 3.65. The molecular weight excluding hydrogens is 408 g/mol. The maximum absolute atomic E-state index is 12.9. The normalized spacial score (nSPS) is 25.5. The highest BCUT2D eigenvalue weighted by atomic mass is 32.1. The van der Waals surface area contributed by atoms with Crippen LogP contribution in [0, 0.1) is 5.41 Å². The van der Waals surface area contributed by atoms with E-state index >= 15 is 0 Å². The first-order valence-corrected chi connectivity index (χ1v) is 10.7. The Bertz CT molecular complexity index is 890. The van der Waals surface area contributed by atoms with E-state index in [9.17, 15) is 14.4 Å². The zero-order chi connectivity index (χ0) is 22.3. The molecule has 3 atom stereocenters. The zero-order valence-electron chi connectivity index (χ0n) is 17.9. The first-order chi connectivity index (χ1) is 13.9. The lowest BCUT2D eigenvalue weighted by molar-refractivity contribution is -0.141. The summed E-state index contributed by atoms with van der Waals surface area (Å²) in [5.41, 5.74) is 5.75. The molecule has 0 spiro atoms. The summed E-state index contributed by atoms with van der Waals surface area (Å²) in [6, 6.07) is 1.28. The van der Waals surface area contributed by atoms with E-state index in [4.69, 9.17) is 10.5 Å². The zero-order valence-corrected chi connectivity index (χ0v) is 18.7. The van der Waals surface area contributed by atoms with Gasteiger partial charge in [0.1, 0.15) is 11.6 Å². The Hall–Kier alpha value is -2.62. The molecule has 2 heterocycles. The van der Waals surface area contributed by atoms with Crippen LogP contribution in [0.15, 0.2) is 16.6 Å². The maximum Gasteiger partial charge on any atom is 0.411 e. The Labute approximate surface area is 179 Å². The molecule has 2 amide bonds. The van der Waals surface area contributed by atoms with E-state index in [0.29, 0.717) is 18.5 Å². The number of piperidine rings is 1. The molecule has 1 aromatic heterocycles. The van der Waals surface area contributed by atoms with Crippen LogP contribution >= 0.6 is 11.3 Å². The highest BCUT2D eigenvalue weighted by Crippen LogP contribution is 2.59. The van der Waals surface area contributed by atoms with Gasteiger partial charge in [0.05, 0.1) is 6.54 Å². The number of ether oxygens (including phenoxy) is 1. The third-order valence-electron chi connectivity index (χ3n) is 5.20. The first-order valence-electron chi connectivity index (χ1n) is 9.77. The van der Waals surface area contributed by atoms with E-state index in [1.165, 1.54) is 18.3 Å². The molecule has 1 aliphatic carbocycles. The number of rotatable bonds is 5. The summed E-state index contributed by atoms with van der Waals surface area (Å²) in [6.45, 7) is 9.07. The Kier molecular flexibility index (Phi) is 5.81. The minimum absolute atomic E-state index is 0.0172. The highest BCUT2D eigenvalue weighted by Gasteiger charge is 2.65. The Morgan fingerprint density at radius 1 is 1.37 bits per heavy atom. The molecule has 1 saturated heterocycles. The molecule has 1 aromatic rings. The quantitative estimate of drug-likeness (QED) is 0.316. The van der Waals surface area contributed by atoms with Crippen LogP contribution in [0.1, 0.15) is 57.9 Å². The van der Waals surface area contributed by atoms with E-state index in [2.05, 4.69) is 22.2 Å². The third-order valence-corrected chi connectivity index (χ3v) is 6.14. The monoisotopic (exact) mass is 436 g/mol. The molecule has 0 bridgehead atoms. The molecule has 2 aliphatic rings. The molecule has 0 radical (unpaired) electrons. The van der Waals surface area contributed by atoms with Crippen LogP contribution in [0.5, 0.6) is 0 Å². The number of fused-ring (bicyclic) bond motifs is 1. The van der Waals surface area contributed by atoms with Crippen LogP contribution in [0.2, 0.25) is 0 Å². The Morgan fingerprint density at radius 2 is 2.07 bits per heavy atom. The molecule has 30 heavy (non-hydrogen) atoms. The average molecular weight is 437 g/mol. The van der Waals surface area contributed by atoms with Crippen molar-refractivity contribution < 1.29 is 24.0 Å². The van der Waals surface area contributed by atoms with Crippen LogP contribution < -0.4 is 11.1 Å². The lowest BCUT2D eigenvalue weighted by Gasteiger charge is -2.29. The molecule has 0 aromatic carbocycles. The van der Waals surface area contributed by atoms with E-state index < -0.39 is 23.7 Å². The number of hydrogen-bond acceptors (Lipinski definition) is 7. The van der Waals surface area contributed by atoms with Gasteiger partial charge in [-0.05, 0) is 45.1 Å². The van der Waals surface area contributed by atoms with Crippen molar-refractivity contribution in [3.8, 4) is 0 Å². The number of thiophene rings is 1. The maximum atomic E-state index is 12.9. The SMILES string of the molecule is CC(=O)O/N=C(\N)c1csc(CNC(=O)[C@@H]2C[C@]3(C)C[C@@H]3N2C(=O)OC(C)(C)C)c1. The van der Waals surface area contributed by atoms with Crippen LogP contribution in [-0.2, 0) is 25.7 Å². The fourth-order valence-corrected chi connectivity index (χ4v) is 4.47. The smallest absolute Gasteiger partial charge is 0.411 e.